The smallest absolute Gasteiger partial charge is 0.304 e. The highest BCUT2D eigenvalue weighted by molar-refractivity contribution is 6.09. The molecule has 36 heavy (non-hydrogen) atoms. The van der Waals surface area contributed by atoms with Crippen molar-refractivity contribution in [1.29, 1.82) is 0 Å². The molecule has 4 rings (SSSR count). The molecule has 182 valence electrons. The molecule has 5 nitrogen and oxygen atoms in total. The number of hydrogen-bond donors (Lipinski definition) is 1. The zero-order valence-electron chi connectivity index (χ0n) is 20.5. The van der Waals surface area contributed by atoms with Crippen molar-refractivity contribution in [3.63, 3.8) is 0 Å². The number of ether oxygens (including phenoxy) is 2. The molecule has 4 aromatic carbocycles. The van der Waals surface area contributed by atoms with Gasteiger partial charge >= 0.3 is 5.97 Å². The molecule has 5 heteroatoms. The number of carboxylic acid groups (broad SMARTS) is 1. The summed E-state index contributed by atoms with van der Waals surface area (Å²) in [6.45, 7) is 3.90. The van der Waals surface area contributed by atoms with E-state index in [0.717, 1.165) is 16.7 Å². The maximum absolute atomic E-state index is 12.7. The van der Waals surface area contributed by atoms with Gasteiger partial charge in [0.15, 0.2) is 5.78 Å². The molecule has 1 N–H and O–H groups in total. The number of rotatable bonds is 9. The van der Waals surface area contributed by atoms with Gasteiger partial charge in [-0.1, -0.05) is 61.0 Å². The van der Waals surface area contributed by atoms with Crippen molar-refractivity contribution in [2.75, 3.05) is 7.11 Å². The van der Waals surface area contributed by atoms with Crippen molar-refractivity contribution in [1.82, 2.24) is 0 Å². The van der Waals surface area contributed by atoms with E-state index in [0.29, 0.717) is 28.4 Å². The summed E-state index contributed by atoms with van der Waals surface area (Å²) < 4.78 is 11.2. The number of hydrogen-bond acceptors (Lipinski definition) is 4. The van der Waals surface area contributed by atoms with Crippen LogP contribution in [0, 0.1) is 6.92 Å². The second kappa shape index (κ2) is 10.5. The van der Waals surface area contributed by atoms with Crippen LogP contribution >= 0.6 is 0 Å². The Kier molecular flexibility index (Phi) is 7.20. The van der Waals surface area contributed by atoms with Gasteiger partial charge in [0.1, 0.15) is 17.2 Å². The largest absolute Gasteiger partial charge is 0.497 e. The van der Waals surface area contributed by atoms with Crippen LogP contribution in [0.15, 0.2) is 97.1 Å². The van der Waals surface area contributed by atoms with E-state index in [-0.39, 0.29) is 12.2 Å². The van der Waals surface area contributed by atoms with Crippen LogP contribution in [0.2, 0.25) is 0 Å². The summed E-state index contributed by atoms with van der Waals surface area (Å²) in [5, 5.41) is 9.59. The van der Waals surface area contributed by atoms with Crippen molar-refractivity contribution >= 4 is 11.8 Å². The van der Waals surface area contributed by atoms with E-state index in [1.807, 2.05) is 86.6 Å². The van der Waals surface area contributed by atoms with Crippen LogP contribution in [0.4, 0.5) is 0 Å². The van der Waals surface area contributed by atoms with Gasteiger partial charge in [-0.15, -0.1) is 0 Å². The standard InChI is InChI=1S/C31H28O5/c1-21-4-6-22(7-5-21)30(34)23-8-14-27(15-9-23)36-28-18-12-25(13-19-28)31(2,20-29(32)33)24-10-16-26(35-3)17-11-24/h4-19H,20H2,1-3H3,(H,32,33). The van der Waals surface area contributed by atoms with Crippen molar-refractivity contribution in [3.05, 3.63) is 125 Å². The van der Waals surface area contributed by atoms with E-state index in [1.54, 1.807) is 31.4 Å². The number of carbonyl (C=O) groups excluding carboxylic acids is 1. The van der Waals surface area contributed by atoms with Crippen molar-refractivity contribution in [2.24, 2.45) is 0 Å². The van der Waals surface area contributed by atoms with Gasteiger partial charge in [-0.2, -0.15) is 0 Å². The Morgan fingerprint density at radius 1 is 0.694 bits per heavy atom. The fraction of sp³-hybridized carbons (Fsp3) is 0.161. The van der Waals surface area contributed by atoms with Gasteiger partial charge < -0.3 is 14.6 Å². The first kappa shape index (κ1) is 24.7. The monoisotopic (exact) mass is 480 g/mol. The highest BCUT2D eigenvalue weighted by Gasteiger charge is 2.32. The van der Waals surface area contributed by atoms with Gasteiger partial charge in [0.2, 0.25) is 0 Å². The quantitative estimate of drug-likeness (QED) is 0.267. The Hall–Kier alpha value is -4.38. The van der Waals surface area contributed by atoms with E-state index >= 15 is 0 Å². The lowest BCUT2D eigenvalue weighted by molar-refractivity contribution is -0.138. The molecule has 0 spiro atoms. The SMILES string of the molecule is COc1ccc(C(C)(CC(=O)O)c2ccc(Oc3ccc(C(=O)c4ccc(C)cc4)cc3)cc2)cc1. The third-order valence-corrected chi connectivity index (χ3v) is 6.39. The molecule has 0 saturated heterocycles. The Balaban J connectivity index is 1.51. The Labute approximate surface area is 211 Å². The van der Waals surface area contributed by atoms with E-state index in [2.05, 4.69) is 0 Å². The number of carboxylic acids is 1. The van der Waals surface area contributed by atoms with Crippen LogP contribution in [-0.2, 0) is 10.2 Å². The van der Waals surface area contributed by atoms with E-state index in [9.17, 15) is 14.7 Å². The van der Waals surface area contributed by atoms with Crippen molar-refractivity contribution in [2.45, 2.75) is 25.7 Å². The summed E-state index contributed by atoms with van der Waals surface area (Å²) >= 11 is 0. The van der Waals surface area contributed by atoms with Gasteiger partial charge in [-0.25, -0.2) is 0 Å². The van der Waals surface area contributed by atoms with Crippen LogP contribution in [0.5, 0.6) is 17.2 Å². The average Bonchev–Trinajstić information content (AvgIpc) is 2.89. The molecular weight excluding hydrogens is 452 g/mol. The molecule has 0 amide bonds. The van der Waals surface area contributed by atoms with Crippen LogP contribution in [0.25, 0.3) is 0 Å². The maximum atomic E-state index is 12.7. The second-order valence-electron chi connectivity index (χ2n) is 8.98. The molecule has 0 bridgehead atoms. The number of aliphatic carboxylic acids is 1. The van der Waals surface area contributed by atoms with Gasteiger partial charge in [0.25, 0.3) is 0 Å². The minimum absolute atomic E-state index is 0.0397. The minimum Gasteiger partial charge on any atom is -0.497 e. The highest BCUT2D eigenvalue weighted by atomic mass is 16.5. The number of methoxy groups -OCH3 is 1. The zero-order chi connectivity index (χ0) is 25.7. The fourth-order valence-corrected chi connectivity index (χ4v) is 4.20. The average molecular weight is 481 g/mol. The first-order valence-corrected chi connectivity index (χ1v) is 11.6. The molecule has 0 radical (unpaired) electrons. The second-order valence-corrected chi connectivity index (χ2v) is 8.98. The molecule has 0 saturated carbocycles. The number of carbonyl (C=O) groups is 2. The van der Waals surface area contributed by atoms with Crippen molar-refractivity contribution in [3.8, 4) is 17.2 Å². The lowest BCUT2D eigenvalue weighted by Crippen LogP contribution is -2.27. The Bertz CT molecular complexity index is 1340. The van der Waals surface area contributed by atoms with Crippen LogP contribution in [0.1, 0.15) is 46.0 Å². The van der Waals surface area contributed by atoms with Gasteiger partial charge in [-0.05, 0) is 66.6 Å². The van der Waals surface area contributed by atoms with E-state index in [4.69, 9.17) is 9.47 Å². The topological polar surface area (TPSA) is 72.8 Å². The number of aryl methyl sites for hydroxylation is 1. The minimum atomic E-state index is -0.881. The molecule has 0 fully saturated rings. The summed E-state index contributed by atoms with van der Waals surface area (Å²) in [5.41, 5.74) is 3.36. The molecule has 1 unspecified atom stereocenters. The summed E-state index contributed by atoms with van der Waals surface area (Å²) in [4.78, 5) is 24.4. The predicted molar refractivity (Wildman–Crippen MR) is 139 cm³/mol. The Morgan fingerprint density at radius 2 is 1.11 bits per heavy atom. The van der Waals surface area contributed by atoms with Gasteiger partial charge in [0, 0.05) is 16.5 Å². The Morgan fingerprint density at radius 3 is 1.56 bits per heavy atom. The molecule has 0 aromatic heterocycles. The summed E-state index contributed by atoms with van der Waals surface area (Å²) in [6, 6.07) is 29.4. The lowest BCUT2D eigenvalue weighted by Gasteiger charge is -2.29. The summed E-state index contributed by atoms with van der Waals surface area (Å²) in [6.07, 6.45) is -0.0595. The molecule has 0 aliphatic rings. The number of ketones is 1. The molecule has 4 aromatic rings. The molecule has 0 aliphatic heterocycles. The highest BCUT2D eigenvalue weighted by Crippen LogP contribution is 2.37. The first-order chi connectivity index (χ1) is 17.3. The molecule has 0 aliphatic carbocycles. The number of benzene rings is 4. The molecule has 1 atom stereocenters. The molecule has 0 heterocycles. The normalized spacial score (nSPS) is 12.4. The zero-order valence-corrected chi connectivity index (χ0v) is 20.5. The predicted octanol–water partition coefficient (Wildman–Crippen LogP) is 6.81. The van der Waals surface area contributed by atoms with E-state index in [1.165, 1.54) is 0 Å². The fourth-order valence-electron chi connectivity index (χ4n) is 4.20. The first-order valence-electron chi connectivity index (χ1n) is 11.6. The van der Waals surface area contributed by atoms with Crippen molar-refractivity contribution < 1.29 is 24.2 Å². The van der Waals surface area contributed by atoms with Crippen LogP contribution < -0.4 is 9.47 Å². The third kappa shape index (κ3) is 5.47. The van der Waals surface area contributed by atoms with E-state index < -0.39 is 11.4 Å². The third-order valence-electron chi connectivity index (χ3n) is 6.39. The summed E-state index contributed by atoms with van der Waals surface area (Å²) in [5.74, 6) is 1.01. The van der Waals surface area contributed by atoms with Crippen LogP contribution in [0.3, 0.4) is 0 Å². The summed E-state index contributed by atoms with van der Waals surface area (Å²) in [7, 11) is 1.60. The van der Waals surface area contributed by atoms with Crippen LogP contribution in [-0.4, -0.2) is 24.0 Å². The molecular formula is C31H28O5. The van der Waals surface area contributed by atoms with Gasteiger partial charge in [0.05, 0.1) is 13.5 Å². The lowest BCUT2D eigenvalue weighted by atomic mass is 9.74. The van der Waals surface area contributed by atoms with Gasteiger partial charge in [-0.3, -0.25) is 9.59 Å². The maximum Gasteiger partial charge on any atom is 0.304 e.